The van der Waals surface area contributed by atoms with Crippen molar-refractivity contribution in [3.05, 3.63) is 65.7 Å². The SMILES string of the molecule is CCN(CC)S(=O)(=O)c1cccc(NC(=O)/C=C/c2ccc(C)cc2)c1. The largest absolute Gasteiger partial charge is 0.322 e. The maximum atomic E-state index is 12.6. The van der Waals surface area contributed by atoms with Gasteiger partial charge >= 0.3 is 0 Å². The molecular weight excluding hydrogens is 348 g/mol. The van der Waals surface area contributed by atoms with Crippen LogP contribution in [0, 0.1) is 6.92 Å². The van der Waals surface area contributed by atoms with Crippen LogP contribution in [0.1, 0.15) is 25.0 Å². The average Bonchev–Trinajstić information content (AvgIpc) is 2.62. The predicted molar refractivity (Wildman–Crippen MR) is 105 cm³/mol. The lowest BCUT2D eigenvalue weighted by molar-refractivity contribution is -0.111. The van der Waals surface area contributed by atoms with Crippen molar-refractivity contribution in [1.82, 2.24) is 4.31 Å². The zero-order valence-corrected chi connectivity index (χ0v) is 16.1. The molecule has 0 atom stereocenters. The normalized spacial score (nSPS) is 11.8. The molecule has 0 bridgehead atoms. The first-order valence-electron chi connectivity index (χ1n) is 8.52. The van der Waals surface area contributed by atoms with E-state index in [0.29, 0.717) is 18.8 Å². The topological polar surface area (TPSA) is 66.5 Å². The molecule has 0 aromatic heterocycles. The second-order valence-corrected chi connectivity index (χ2v) is 7.79. The first-order valence-corrected chi connectivity index (χ1v) is 9.96. The molecule has 0 spiro atoms. The van der Waals surface area contributed by atoms with E-state index in [4.69, 9.17) is 0 Å². The Kier molecular flexibility index (Phi) is 6.71. The molecule has 0 aliphatic rings. The van der Waals surface area contributed by atoms with Crippen LogP contribution in [-0.4, -0.2) is 31.7 Å². The molecule has 2 aromatic rings. The minimum Gasteiger partial charge on any atom is -0.322 e. The number of carbonyl (C=O) groups excluding carboxylic acids is 1. The number of carbonyl (C=O) groups is 1. The Bertz CT molecular complexity index is 884. The van der Waals surface area contributed by atoms with E-state index in [9.17, 15) is 13.2 Å². The van der Waals surface area contributed by atoms with E-state index in [1.807, 2.05) is 31.2 Å². The predicted octanol–water partition coefficient (Wildman–Crippen LogP) is 3.68. The van der Waals surface area contributed by atoms with E-state index >= 15 is 0 Å². The van der Waals surface area contributed by atoms with E-state index in [-0.39, 0.29) is 10.8 Å². The number of hydrogen-bond acceptors (Lipinski definition) is 3. The van der Waals surface area contributed by atoms with Gasteiger partial charge in [0.25, 0.3) is 0 Å². The Morgan fingerprint density at radius 3 is 2.35 bits per heavy atom. The fourth-order valence-electron chi connectivity index (χ4n) is 2.48. The van der Waals surface area contributed by atoms with E-state index < -0.39 is 10.0 Å². The van der Waals surface area contributed by atoms with Gasteiger partial charge in [-0.3, -0.25) is 4.79 Å². The van der Waals surface area contributed by atoms with Gasteiger partial charge in [0.1, 0.15) is 0 Å². The molecule has 0 unspecified atom stereocenters. The third-order valence-corrected chi connectivity index (χ3v) is 6.00. The molecule has 0 heterocycles. The molecule has 0 aliphatic carbocycles. The maximum Gasteiger partial charge on any atom is 0.248 e. The molecule has 2 aromatic carbocycles. The van der Waals surface area contributed by atoms with Gasteiger partial charge in [0, 0.05) is 24.9 Å². The van der Waals surface area contributed by atoms with E-state index in [1.54, 1.807) is 32.1 Å². The van der Waals surface area contributed by atoms with Crippen molar-refractivity contribution in [1.29, 1.82) is 0 Å². The Labute approximate surface area is 155 Å². The first kappa shape index (κ1) is 19.9. The zero-order valence-electron chi connectivity index (χ0n) is 15.3. The number of hydrogen-bond donors (Lipinski definition) is 1. The molecule has 0 radical (unpaired) electrons. The van der Waals surface area contributed by atoms with Gasteiger partial charge in [-0.1, -0.05) is 49.7 Å². The summed E-state index contributed by atoms with van der Waals surface area (Å²) in [5, 5.41) is 2.70. The van der Waals surface area contributed by atoms with Crippen LogP contribution in [0.5, 0.6) is 0 Å². The number of benzene rings is 2. The third-order valence-electron chi connectivity index (χ3n) is 3.95. The summed E-state index contributed by atoms with van der Waals surface area (Å²) >= 11 is 0. The smallest absolute Gasteiger partial charge is 0.248 e. The highest BCUT2D eigenvalue weighted by atomic mass is 32.2. The Hall–Kier alpha value is -2.44. The second kappa shape index (κ2) is 8.78. The number of nitrogens with zero attached hydrogens (tertiary/aromatic N) is 1. The van der Waals surface area contributed by atoms with Gasteiger partial charge in [0.05, 0.1) is 4.90 Å². The number of aryl methyl sites for hydroxylation is 1. The minimum absolute atomic E-state index is 0.168. The van der Waals surface area contributed by atoms with Crippen molar-refractivity contribution in [2.75, 3.05) is 18.4 Å². The number of sulfonamides is 1. The van der Waals surface area contributed by atoms with Gasteiger partial charge in [0.15, 0.2) is 0 Å². The Morgan fingerprint density at radius 1 is 1.08 bits per heavy atom. The van der Waals surface area contributed by atoms with Crippen molar-refractivity contribution in [3.63, 3.8) is 0 Å². The standard InChI is InChI=1S/C20H24N2O3S/c1-4-22(5-2)26(24,25)19-8-6-7-18(15-19)21-20(23)14-13-17-11-9-16(3)10-12-17/h6-15H,4-5H2,1-3H3,(H,21,23)/b14-13+. The summed E-state index contributed by atoms with van der Waals surface area (Å²) in [4.78, 5) is 12.3. The molecule has 0 fully saturated rings. The van der Waals surface area contributed by atoms with Crippen molar-refractivity contribution >= 4 is 27.7 Å². The molecule has 26 heavy (non-hydrogen) atoms. The van der Waals surface area contributed by atoms with Gasteiger partial charge in [0.2, 0.25) is 15.9 Å². The van der Waals surface area contributed by atoms with Crippen LogP contribution in [-0.2, 0) is 14.8 Å². The summed E-state index contributed by atoms with van der Waals surface area (Å²) in [7, 11) is -3.55. The van der Waals surface area contributed by atoms with Crippen LogP contribution in [0.25, 0.3) is 6.08 Å². The van der Waals surface area contributed by atoms with Crippen molar-refractivity contribution in [2.24, 2.45) is 0 Å². The van der Waals surface area contributed by atoms with Crippen molar-refractivity contribution in [2.45, 2.75) is 25.7 Å². The second-order valence-electron chi connectivity index (χ2n) is 5.85. The summed E-state index contributed by atoms with van der Waals surface area (Å²) < 4.78 is 26.5. The summed E-state index contributed by atoms with van der Waals surface area (Å²) in [6.45, 7) is 6.38. The number of nitrogens with one attached hydrogen (secondary N) is 1. The maximum absolute atomic E-state index is 12.6. The number of anilines is 1. The Morgan fingerprint density at radius 2 is 1.73 bits per heavy atom. The lowest BCUT2D eigenvalue weighted by Gasteiger charge is -2.18. The van der Waals surface area contributed by atoms with Crippen LogP contribution in [0.4, 0.5) is 5.69 Å². The molecule has 6 heteroatoms. The zero-order chi connectivity index (χ0) is 19.2. The highest BCUT2D eigenvalue weighted by Gasteiger charge is 2.21. The molecule has 2 rings (SSSR count). The van der Waals surface area contributed by atoms with Crippen molar-refractivity contribution in [3.8, 4) is 0 Å². The van der Waals surface area contributed by atoms with Crippen LogP contribution in [0.2, 0.25) is 0 Å². The first-order chi connectivity index (χ1) is 12.4. The Balaban J connectivity index is 2.13. The van der Waals surface area contributed by atoms with Crippen LogP contribution in [0.15, 0.2) is 59.5 Å². The van der Waals surface area contributed by atoms with Gasteiger partial charge < -0.3 is 5.32 Å². The highest BCUT2D eigenvalue weighted by molar-refractivity contribution is 7.89. The molecule has 0 aliphatic heterocycles. The molecule has 138 valence electrons. The number of amides is 1. The summed E-state index contributed by atoms with van der Waals surface area (Å²) in [6.07, 6.45) is 3.14. The fourth-order valence-corrected chi connectivity index (χ4v) is 3.98. The average molecular weight is 372 g/mol. The van der Waals surface area contributed by atoms with Gasteiger partial charge in [-0.05, 0) is 36.8 Å². The third kappa shape index (κ3) is 5.03. The summed E-state index contributed by atoms with van der Waals surface area (Å²) in [5.41, 5.74) is 2.51. The molecule has 5 nitrogen and oxygen atoms in total. The quantitative estimate of drug-likeness (QED) is 0.754. The highest BCUT2D eigenvalue weighted by Crippen LogP contribution is 2.19. The van der Waals surface area contributed by atoms with Crippen LogP contribution < -0.4 is 5.32 Å². The van der Waals surface area contributed by atoms with Crippen LogP contribution >= 0.6 is 0 Å². The molecule has 1 N–H and O–H groups in total. The van der Waals surface area contributed by atoms with Crippen LogP contribution in [0.3, 0.4) is 0 Å². The van der Waals surface area contributed by atoms with E-state index in [2.05, 4.69) is 5.32 Å². The lowest BCUT2D eigenvalue weighted by Crippen LogP contribution is -2.30. The molecular formula is C20H24N2O3S. The summed E-state index contributed by atoms with van der Waals surface area (Å²) in [5.74, 6) is -0.317. The van der Waals surface area contributed by atoms with E-state index in [0.717, 1.165) is 11.1 Å². The molecule has 1 amide bonds. The van der Waals surface area contributed by atoms with Gasteiger partial charge in [-0.15, -0.1) is 0 Å². The minimum atomic E-state index is -3.55. The fraction of sp³-hybridized carbons (Fsp3) is 0.250. The summed E-state index contributed by atoms with van der Waals surface area (Å²) in [6, 6.07) is 14.1. The molecule has 0 saturated carbocycles. The molecule has 0 saturated heterocycles. The van der Waals surface area contributed by atoms with E-state index in [1.165, 1.54) is 22.5 Å². The lowest BCUT2D eigenvalue weighted by atomic mass is 10.1. The van der Waals surface area contributed by atoms with Gasteiger partial charge in [-0.2, -0.15) is 4.31 Å². The van der Waals surface area contributed by atoms with Gasteiger partial charge in [-0.25, -0.2) is 8.42 Å². The monoisotopic (exact) mass is 372 g/mol. The number of rotatable bonds is 7. The van der Waals surface area contributed by atoms with Crippen molar-refractivity contribution < 1.29 is 13.2 Å².